The van der Waals surface area contributed by atoms with Crippen molar-refractivity contribution in [2.45, 2.75) is 27.0 Å². The summed E-state index contributed by atoms with van der Waals surface area (Å²) in [5.41, 5.74) is 10.3. The Balaban J connectivity index is 2.18. The van der Waals surface area contributed by atoms with E-state index in [-0.39, 0.29) is 0 Å². The lowest BCUT2D eigenvalue weighted by molar-refractivity contribution is 0.302. The van der Waals surface area contributed by atoms with Gasteiger partial charge in [-0.15, -0.1) is 0 Å². The summed E-state index contributed by atoms with van der Waals surface area (Å²) in [6.45, 7) is 5.13. The van der Waals surface area contributed by atoms with Gasteiger partial charge in [-0.3, -0.25) is 0 Å². The van der Waals surface area contributed by atoms with Crippen LogP contribution in [0.3, 0.4) is 0 Å². The minimum atomic E-state index is 0.444. The van der Waals surface area contributed by atoms with Crippen LogP contribution in [0.1, 0.15) is 22.3 Å². The zero-order valence-corrected chi connectivity index (χ0v) is 12.0. The van der Waals surface area contributed by atoms with E-state index in [1.165, 1.54) is 16.7 Å². The number of halogens is 1. The Kier molecular flexibility index (Phi) is 4.46. The molecule has 3 heteroatoms. The molecule has 0 saturated carbocycles. The summed E-state index contributed by atoms with van der Waals surface area (Å²) in [7, 11) is 0. The summed E-state index contributed by atoms with van der Waals surface area (Å²) in [5, 5.41) is 0.660. The molecule has 2 N–H and O–H groups in total. The number of ether oxygens (including phenoxy) is 1. The molecular formula is C16H18ClNO. The third kappa shape index (κ3) is 3.49. The van der Waals surface area contributed by atoms with Crippen molar-refractivity contribution in [3.8, 4) is 5.75 Å². The predicted octanol–water partition coefficient (Wildman–Crippen LogP) is 3.99. The minimum Gasteiger partial charge on any atom is -0.489 e. The second-order valence-corrected chi connectivity index (χ2v) is 5.11. The first-order chi connectivity index (χ1) is 9.10. The van der Waals surface area contributed by atoms with Crippen LogP contribution in [-0.4, -0.2) is 0 Å². The Labute approximate surface area is 119 Å². The fourth-order valence-electron chi connectivity index (χ4n) is 1.94. The second-order valence-electron chi connectivity index (χ2n) is 4.67. The van der Waals surface area contributed by atoms with E-state index in [1.54, 1.807) is 0 Å². The number of hydrogen-bond donors (Lipinski definition) is 1. The first kappa shape index (κ1) is 13.9. The van der Waals surface area contributed by atoms with Crippen molar-refractivity contribution in [3.63, 3.8) is 0 Å². The monoisotopic (exact) mass is 275 g/mol. The molecule has 100 valence electrons. The van der Waals surface area contributed by atoms with Gasteiger partial charge in [0.05, 0.1) is 0 Å². The third-order valence-corrected chi connectivity index (χ3v) is 3.37. The molecule has 0 aromatic heterocycles. The number of benzene rings is 2. The first-order valence-electron chi connectivity index (χ1n) is 6.27. The average molecular weight is 276 g/mol. The third-order valence-electron chi connectivity index (χ3n) is 3.14. The molecule has 0 spiro atoms. The van der Waals surface area contributed by atoms with E-state index in [1.807, 2.05) is 18.2 Å². The van der Waals surface area contributed by atoms with E-state index >= 15 is 0 Å². The fraction of sp³-hybridized carbons (Fsp3) is 0.250. The van der Waals surface area contributed by atoms with Crippen molar-refractivity contribution < 1.29 is 4.74 Å². The minimum absolute atomic E-state index is 0.444. The molecule has 2 nitrogen and oxygen atoms in total. The smallest absolute Gasteiger partial charge is 0.125 e. The van der Waals surface area contributed by atoms with Gasteiger partial charge in [-0.25, -0.2) is 0 Å². The summed E-state index contributed by atoms with van der Waals surface area (Å²) < 4.78 is 5.87. The van der Waals surface area contributed by atoms with E-state index in [9.17, 15) is 0 Å². The molecular weight excluding hydrogens is 258 g/mol. The van der Waals surface area contributed by atoms with E-state index in [0.29, 0.717) is 18.2 Å². The number of hydrogen-bond acceptors (Lipinski definition) is 2. The van der Waals surface area contributed by atoms with Crippen LogP contribution in [0, 0.1) is 13.8 Å². The highest BCUT2D eigenvalue weighted by Crippen LogP contribution is 2.24. The van der Waals surface area contributed by atoms with Crippen molar-refractivity contribution in [2.24, 2.45) is 5.73 Å². The molecule has 0 bridgehead atoms. The van der Waals surface area contributed by atoms with E-state index in [2.05, 4.69) is 32.0 Å². The first-order valence-corrected chi connectivity index (χ1v) is 6.65. The quantitative estimate of drug-likeness (QED) is 0.915. The maximum absolute atomic E-state index is 5.99. The number of aryl methyl sites for hydroxylation is 2. The van der Waals surface area contributed by atoms with Crippen LogP contribution in [-0.2, 0) is 13.2 Å². The van der Waals surface area contributed by atoms with Crippen LogP contribution in [0.2, 0.25) is 5.02 Å². The van der Waals surface area contributed by atoms with Gasteiger partial charge in [-0.1, -0.05) is 41.4 Å². The molecule has 0 unspecified atom stereocenters. The van der Waals surface area contributed by atoms with Crippen LogP contribution < -0.4 is 10.5 Å². The predicted molar refractivity (Wildman–Crippen MR) is 79.6 cm³/mol. The number of nitrogens with two attached hydrogens (primary N) is 1. The zero-order chi connectivity index (χ0) is 13.8. The molecule has 0 radical (unpaired) electrons. The van der Waals surface area contributed by atoms with Crippen molar-refractivity contribution in [1.29, 1.82) is 0 Å². The lowest BCUT2D eigenvalue weighted by Gasteiger charge is -2.13. The standard InChI is InChI=1S/C16H18ClNO/c1-11-3-4-12(2)14(7-11)10-19-16-8-15(17)6-5-13(16)9-18/h3-8H,9-10,18H2,1-2H3. The summed E-state index contributed by atoms with van der Waals surface area (Å²) in [4.78, 5) is 0. The summed E-state index contributed by atoms with van der Waals surface area (Å²) in [6.07, 6.45) is 0. The normalized spacial score (nSPS) is 10.5. The van der Waals surface area contributed by atoms with Crippen LogP contribution in [0.5, 0.6) is 5.75 Å². The molecule has 0 aliphatic rings. The van der Waals surface area contributed by atoms with E-state index < -0.39 is 0 Å². The van der Waals surface area contributed by atoms with Gasteiger partial charge in [-0.05, 0) is 37.1 Å². The second kappa shape index (κ2) is 6.09. The lowest BCUT2D eigenvalue weighted by Crippen LogP contribution is -2.03. The highest BCUT2D eigenvalue weighted by Gasteiger charge is 2.05. The molecule has 0 amide bonds. The summed E-state index contributed by atoms with van der Waals surface area (Å²) >= 11 is 5.99. The average Bonchev–Trinajstić information content (AvgIpc) is 2.40. The zero-order valence-electron chi connectivity index (χ0n) is 11.2. The molecule has 0 saturated heterocycles. The highest BCUT2D eigenvalue weighted by atomic mass is 35.5. The van der Waals surface area contributed by atoms with Gasteiger partial charge in [-0.2, -0.15) is 0 Å². The lowest BCUT2D eigenvalue weighted by atomic mass is 10.1. The maximum Gasteiger partial charge on any atom is 0.125 e. The van der Waals surface area contributed by atoms with Crippen LogP contribution in [0.15, 0.2) is 36.4 Å². The SMILES string of the molecule is Cc1ccc(C)c(COc2cc(Cl)ccc2CN)c1. The van der Waals surface area contributed by atoms with Gasteiger partial charge < -0.3 is 10.5 Å². The van der Waals surface area contributed by atoms with Crippen molar-refractivity contribution >= 4 is 11.6 Å². The molecule has 0 heterocycles. The highest BCUT2D eigenvalue weighted by molar-refractivity contribution is 6.30. The Morgan fingerprint density at radius 2 is 1.84 bits per heavy atom. The molecule has 2 rings (SSSR count). The fourth-order valence-corrected chi connectivity index (χ4v) is 2.10. The Hall–Kier alpha value is -1.51. The van der Waals surface area contributed by atoms with Crippen LogP contribution in [0.4, 0.5) is 0 Å². The Bertz CT molecular complexity index is 581. The van der Waals surface area contributed by atoms with Gasteiger partial charge in [0.1, 0.15) is 12.4 Å². The molecule has 0 aliphatic heterocycles. The summed E-state index contributed by atoms with van der Waals surface area (Å²) in [5.74, 6) is 0.760. The topological polar surface area (TPSA) is 35.2 Å². The maximum atomic E-state index is 5.99. The molecule has 2 aromatic rings. The van der Waals surface area contributed by atoms with Gasteiger partial charge in [0.2, 0.25) is 0 Å². The van der Waals surface area contributed by atoms with E-state index in [0.717, 1.165) is 11.3 Å². The Morgan fingerprint density at radius 3 is 2.58 bits per heavy atom. The van der Waals surface area contributed by atoms with Crippen molar-refractivity contribution in [1.82, 2.24) is 0 Å². The van der Waals surface area contributed by atoms with E-state index in [4.69, 9.17) is 22.1 Å². The van der Waals surface area contributed by atoms with Crippen LogP contribution in [0.25, 0.3) is 0 Å². The largest absolute Gasteiger partial charge is 0.489 e. The van der Waals surface area contributed by atoms with Gasteiger partial charge >= 0.3 is 0 Å². The number of rotatable bonds is 4. The molecule has 0 fully saturated rings. The summed E-state index contributed by atoms with van der Waals surface area (Å²) in [6, 6.07) is 11.9. The van der Waals surface area contributed by atoms with Gasteiger partial charge in [0, 0.05) is 17.1 Å². The molecule has 19 heavy (non-hydrogen) atoms. The van der Waals surface area contributed by atoms with Crippen molar-refractivity contribution in [3.05, 3.63) is 63.7 Å². The van der Waals surface area contributed by atoms with Gasteiger partial charge in [0.25, 0.3) is 0 Å². The van der Waals surface area contributed by atoms with Crippen molar-refractivity contribution in [2.75, 3.05) is 0 Å². The Morgan fingerprint density at radius 1 is 1.05 bits per heavy atom. The molecule has 0 atom stereocenters. The molecule has 0 aliphatic carbocycles. The molecule has 2 aromatic carbocycles. The van der Waals surface area contributed by atoms with Gasteiger partial charge in [0.15, 0.2) is 0 Å². The van der Waals surface area contributed by atoms with Crippen LogP contribution >= 0.6 is 11.6 Å².